The fourth-order valence-corrected chi connectivity index (χ4v) is 3.49. The zero-order valence-electron chi connectivity index (χ0n) is 14.8. The maximum Gasteiger partial charge on any atom is 0.245 e. The molecule has 0 saturated heterocycles. The first-order valence-electron chi connectivity index (χ1n) is 7.70. The van der Waals surface area contributed by atoms with Crippen LogP contribution in [0.25, 0.3) is 22.3 Å². The first-order chi connectivity index (χ1) is 12.8. The number of primary sulfonamides is 1. The van der Waals surface area contributed by atoms with Gasteiger partial charge >= 0.3 is 0 Å². The van der Waals surface area contributed by atoms with Crippen molar-refractivity contribution in [2.45, 2.75) is 4.90 Å². The fourth-order valence-electron chi connectivity index (χ4n) is 2.71. The lowest BCUT2D eigenvalue weighted by Crippen LogP contribution is -2.23. The Morgan fingerprint density at radius 3 is 2.07 bits per heavy atom. The minimum Gasteiger partial charge on any atom is -0.497 e. The number of hydrogen-bond acceptors (Lipinski definition) is 7. The van der Waals surface area contributed by atoms with E-state index in [1.165, 1.54) is 33.5 Å². The number of benzene rings is 2. The molecule has 1 aromatic heterocycles. The molecule has 0 aliphatic carbocycles. The largest absolute Gasteiger partial charge is 0.497 e. The van der Waals surface area contributed by atoms with Crippen LogP contribution < -0.4 is 24.8 Å². The van der Waals surface area contributed by atoms with Gasteiger partial charge in [-0.2, -0.15) is 0 Å². The molecule has 0 saturated carbocycles. The quantitative estimate of drug-likeness (QED) is 0.708. The molecule has 0 fully saturated rings. The molecule has 8 nitrogen and oxygen atoms in total. The highest BCUT2D eigenvalue weighted by atomic mass is 32.2. The van der Waals surface area contributed by atoms with Crippen molar-refractivity contribution >= 4 is 21.0 Å². The van der Waals surface area contributed by atoms with E-state index in [2.05, 4.69) is 0 Å². The molecule has 0 unspecified atom stereocenters. The molecule has 0 spiro atoms. The third-order valence-corrected chi connectivity index (χ3v) is 4.92. The van der Waals surface area contributed by atoms with Crippen LogP contribution in [0.1, 0.15) is 0 Å². The molecule has 0 atom stereocenters. The number of ether oxygens (including phenoxy) is 3. The smallest absolute Gasteiger partial charge is 0.245 e. The topological polar surface area (TPSA) is 118 Å². The zero-order valence-corrected chi connectivity index (χ0v) is 15.6. The molecule has 1 heterocycles. The van der Waals surface area contributed by atoms with Gasteiger partial charge in [0, 0.05) is 17.7 Å². The Morgan fingerprint density at radius 1 is 0.926 bits per heavy atom. The number of hydrogen-bond donors (Lipinski definition) is 1. The van der Waals surface area contributed by atoms with Gasteiger partial charge in [0.15, 0.2) is 10.7 Å². The van der Waals surface area contributed by atoms with E-state index in [4.69, 9.17) is 23.8 Å². The molecule has 3 rings (SSSR count). The van der Waals surface area contributed by atoms with E-state index < -0.39 is 20.3 Å². The van der Waals surface area contributed by atoms with E-state index in [0.29, 0.717) is 17.1 Å². The molecule has 0 radical (unpaired) electrons. The highest BCUT2D eigenvalue weighted by molar-refractivity contribution is 7.89. The standard InChI is InChI=1S/C18H17NO7S/c1-23-11-6-4-10(5-7-11)17-18(27(19,21)22)16(20)15-13(25-3)8-12(24-2)9-14(15)26-17/h4-9H,1-3H3,(H2,19,21,22). The molecule has 142 valence electrons. The minimum absolute atomic E-state index is 0.0420. The van der Waals surface area contributed by atoms with Gasteiger partial charge in [-0.05, 0) is 24.3 Å². The molecule has 2 N–H and O–H groups in total. The second kappa shape index (κ2) is 6.93. The summed E-state index contributed by atoms with van der Waals surface area (Å²) in [5, 5.41) is 5.27. The van der Waals surface area contributed by atoms with Crippen LogP contribution in [0.15, 0.2) is 50.5 Å². The van der Waals surface area contributed by atoms with Crippen LogP contribution in [-0.2, 0) is 10.0 Å². The first-order valence-corrected chi connectivity index (χ1v) is 9.25. The fraction of sp³-hybridized carbons (Fsp3) is 0.167. The monoisotopic (exact) mass is 391 g/mol. The Hall–Kier alpha value is -3.04. The molecule has 2 aromatic carbocycles. The summed E-state index contributed by atoms with van der Waals surface area (Å²) in [6, 6.07) is 9.28. The average Bonchev–Trinajstić information content (AvgIpc) is 2.65. The van der Waals surface area contributed by atoms with Crippen LogP contribution in [0.5, 0.6) is 17.2 Å². The van der Waals surface area contributed by atoms with Crippen molar-refractivity contribution in [3.63, 3.8) is 0 Å². The Bertz CT molecular complexity index is 1170. The van der Waals surface area contributed by atoms with E-state index in [-0.39, 0.29) is 22.5 Å². The summed E-state index contributed by atoms with van der Waals surface area (Å²) in [5.74, 6) is 0.881. The Morgan fingerprint density at radius 2 is 1.56 bits per heavy atom. The van der Waals surface area contributed by atoms with Gasteiger partial charge in [0.25, 0.3) is 0 Å². The number of nitrogens with two attached hydrogens (primary N) is 1. The summed E-state index contributed by atoms with van der Waals surface area (Å²) in [6.45, 7) is 0. The van der Waals surface area contributed by atoms with Crippen LogP contribution in [0.2, 0.25) is 0 Å². The van der Waals surface area contributed by atoms with Gasteiger partial charge in [-0.3, -0.25) is 4.79 Å². The number of rotatable bonds is 5. The van der Waals surface area contributed by atoms with E-state index >= 15 is 0 Å². The summed E-state index contributed by atoms with van der Waals surface area (Å²) in [5.41, 5.74) is -0.362. The lowest BCUT2D eigenvalue weighted by atomic mass is 10.1. The number of fused-ring (bicyclic) bond motifs is 1. The Balaban J connectivity index is 2.46. The van der Waals surface area contributed by atoms with E-state index in [1.807, 2.05) is 0 Å². The second-order valence-electron chi connectivity index (χ2n) is 5.57. The van der Waals surface area contributed by atoms with Gasteiger partial charge < -0.3 is 18.6 Å². The van der Waals surface area contributed by atoms with Crippen LogP contribution in [0.3, 0.4) is 0 Å². The summed E-state index contributed by atoms with van der Waals surface area (Å²) in [6.07, 6.45) is 0. The van der Waals surface area contributed by atoms with Gasteiger partial charge in [-0.1, -0.05) is 0 Å². The molecule has 3 aromatic rings. The van der Waals surface area contributed by atoms with Crippen LogP contribution in [-0.4, -0.2) is 29.7 Å². The molecule has 0 aliphatic rings. The predicted molar refractivity (Wildman–Crippen MR) is 98.9 cm³/mol. The van der Waals surface area contributed by atoms with Crippen LogP contribution >= 0.6 is 0 Å². The van der Waals surface area contributed by atoms with Crippen molar-refractivity contribution in [3.05, 3.63) is 46.6 Å². The summed E-state index contributed by atoms with van der Waals surface area (Å²) < 4.78 is 45.6. The van der Waals surface area contributed by atoms with E-state index in [9.17, 15) is 13.2 Å². The van der Waals surface area contributed by atoms with Crippen molar-refractivity contribution in [1.82, 2.24) is 0 Å². The molecule has 0 aliphatic heterocycles. The van der Waals surface area contributed by atoms with Crippen molar-refractivity contribution in [3.8, 4) is 28.6 Å². The third-order valence-electron chi connectivity index (χ3n) is 3.98. The van der Waals surface area contributed by atoms with Crippen molar-refractivity contribution in [2.24, 2.45) is 5.14 Å². The Labute approximate surface area is 155 Å². The minimum atomic E-state index is -4.38. The molecule has 9 heteroatoms. The predicted octanol–water partition coefficient (Wildman–Crippen LogP) is 2.13. The Kier molecular flexibility index (Phi) is 4.81. The highest BCUT2D eigenvalue weighted by Gasteiger charge is 2.26. The van der Waals surface area contributed by atoms with E-state index in [0.717, 1.165) is 0 Å². The van der Waals surface area contributed by atoms with Gasteiger partial charge in [0.05, 0.1) is 21.3 Å². The summed E-state index contributed by atoms with van der Waals surface area (Å²) in [4.78, 5) is 12.4. The lowest BCUT2D eigenvalue weighted by Gasteiger charge is -2.12. The average molecular weight is 391 g/mol. The maximum absolute atomic E-state index is 13.0. The molecule has 0 amide bonds. The molecular formula is C18H17NO7S. The number of sulfonamides is 1. The normalized spacial score (nSPS) is 11.4. The first kappa shape index (κ1) is 18.7. The molecular weight excluding hydrogens is 374 g/mol. The summed E-state index contributed by atoms with van der Waals surface area (Å²) >= 11 is 0. The van der Waals surface area contributed by atoms with Gasteiger partial charge in [0.1, 0.15) is 28.2 Å². The second-order valence-corrected chi connectivity index (χ2v) is 7.06. The zero-order chi connectivity index (χ0) is 19.8. The van der Waals surface area contributed by atoms with Crippen molar-refractivity contribution < 1.29 is 27.0 Å². The SMILES string of the molecule is COc1ccc(-c2oc3cc(OC)cc(OC)c3c(=O)c2S(N)(=O)=O)cc1. The van der Waals surface area contributed by atoms with Gasteiger partial charge in [0.2, 0.25) is 15.5 Å². The highest BCUT2D eigenvalue weighted by Crippen LogP contribution is 2.35. The molecule has 0 bridgehead atoms. The van der Waals surface area contributed by atoms with Crippen molar-refractivity contribution in [2.75, 3.05) is 21.3 Å². The van der Waals surface area contributed by atoms with Crippen LogP contribution in [0, 0.1) is 0 Å². The van der Waals surface area contributed by atoms with Gasteiger partial charge in [-0.15, -0.1) is 0 Å². The van der Waals surface area contributed by atoms with E-state index in [1.54, 1.807) is 24.3 Å². The lowest BCUT2D eigenvalue weighted by molar-refractivity contribution is 0.396. The maximum atomic E-state index is 13.0. The van der Waals surface area contributed by atoms with Crippen LogP contribution in [0.4, 0.5) is 0 Å². The third kappa shape index (κ3) is 3.34. The van der Waals surface area contributed by atoms with Gasteiger partial charge in [-0.25, -0.2) is 13.6 Å². The summed E-state index contributed by atoms with van der Waals surface area (Å²) in [7, 11) is -0.0898. The molecule has 27 heavy (non-hydrogen) atoms. The van der Waals surface area contributed by atoms with Crippen molar-refractivity contribution in [1.29, 1.82) is 0 Å². The number of methoxy groups -OCH3 is 3.